The van der Waals surface area contributed by atoms with E-state index in [0.29, 0.717) is 18.8 Å². The first-order chi connectivity index (χ1) is 11.2. The Morgan fingerprint density at radius 1 is 1.22 bits per heavy atom. The fraction of sp³-hybridized carbons (Fsp3) is 0.421. The molecule has 23 heavy (non-hydrogen) atoms. The minimum absolute atomic E-state index is 0.0256. The maximum Gasteiger partial charge on any atom is 0.290 e. The van der Waals surface area contributed by atoms with E-state index in [-0.39, 0.29) is 17.9 Å². The van der Waals surface area contributed by atoms with E-state index < -0.39 is 0 Å². The highest BCUT2D eigenvalue weighted by Crippen LogP contribution is 2.35. The van der Waals surface area contributed by atoms with Crippen LogP contribution in [0.5, 0.6) is 0 Å². The highest BCUT2D eigenvalue weighted by Gasteiger charge is 2.35. The number of nitrogens with zero attached hydrogens (tertiary/aromatic N) is 1. The van der Waals surface area contributed by atoms with Crippen LogP contribution in [0.3, 0.4) is 0 Å². The monoisotopic (exact) mass is 313 g/mol. The number of piperidine rings is 1. The van der Waals surface area contributed by atoms with Crippen LogP contribution in [0.2, 0.25) is 0 Å². The quantitative estimate of drug-likeness (QED) is 0.939. The van der Waals surface area contributed by atoms with Crippen molar-refractivity contribution in [2.45, 2.75) is 26.2 Å². The highest BCUT2D eigenvalue weighted by molar-refractivity contribution is 5.98. The molecule has 0 bridgehead atoms. The molecular formula is C19H23NO3. The van der Waals surface area contributed by atoms with Crippen LogP contribution >= 0.6 is 0 Å². The minimum atomic E-state index is -0.0588. The molecule has 0 atom stereocenters. The number of likely N-dealkylation sites (tertiary alicyclic amines) is 1. The first kappa shape index (κ1) is 15.8. The molecule has 122 valence electrons. The Labute approximate surface area is 136 Å². The molecule has 0 unspecified atom stereocenters. The molecule has 1 aliphatic heterocycles. The zero-order valence-corrected chi connectivity index (χ0v) is 13.5. The van der Waals surface area contributed by atoms with Crippen LogP contribution in [-0.4, -0.2) is 35.6 Å². The summed E-state index contributed by atoms with van der Waals surface area (Å²) in [5.74, 6) is 0.348. The lowest BCUT2D eigenvalue weighted by Gasteiger charge is -2.40. The molecule has 0 spiro atoms. The van der Waals surface area contributed by atoms with Crippen molar-refractivity contribution < 1.29 is 14.3 Å². The number of hydrogen-bond donors (Lipinski definition) is 1. The summed E-state index contributed by atoms with van der Waals surface area (Å²) in [5, 5.41) is 9.62. The van der Waals surface area contributed by atoms with E-state index in [1.165, 1.54) is 0 Å². The number of aliphatic hydroxyl groups is 1. The van der Waals surface area contributed by atoms with Crippen molar-refractivity contribution in [1.29, 1.82) is 0 Å². The lowest BCUT2D eigenvalue weighted by molar-refractivity contribution is 0.0321. The number of amides is 1. The van der Waals surface area contributed by atoms with Gasteiger partial charge in [0.15, 0.2) is 5.76 Å². The number of hydrogen-bond acceptors (Lipinski definition) is 3. The third kappa shape index (κ3) is 3.04. The molecule has 4 heteroatoms. The minimum Gasteiger partial charge on any atom is -0.459 e. The predicted molar refractivity (Wildman–Crippen MR) is 89.1 cm³/mol. The van der Waals surface area contributed by atoms with Crippen molar-refractivity contribution in [2.24, 2.45) is 5.41 Å². The van der Waals surface area contributed by atoms with E-state index in [9.17, 15) is 9.90 Å². The van der Waals surface area contributed by atoms with Gasteiger partial charge in [-0.2, -0.15) is 0 Å². The van der Waals surface area contributed by atoms with Gasteiger partial charge < -0.3 is 14.4 Å². The zero-order valence-electron chi connectivity index (χ0n) is 13.5. The van der Waals surface area contributed by atoms with E-state index in [0.717, 1.165) is 30.4 Å². The van der Waals surface area contributed by atoms with Crippen LogP contribution in [0.1, 0.15) is 36.7 Å². The Morgan fingerprint density at radius 3 is 2.52 bits per heavy atom. The molecule has 2 aromatic rings. The summed E-state index contributed by atoms with van der Waals surface area (Å²) in [6.07, 6.45) is 4.20. The third-order valence-electron chi connectivity index (χ3n) is 5.14. The highest BCUT2D eigenvalue weighted by atomic mass is 16.3. The number of benzene rings is 1. The van der Waals surface area contributed by atoms with Gasteiger partial charge in [0.2, 0.25) is 0 Å². The molecular weight excluding hydrogens is 290 g/mol. The normalized spacial score (nSPS) is 17.2. The Morgan fingerprint density at radius 2 is 1.91 bits per heavy atom. The Kier molecular flexibility index (Phi) is 4.53. The Balaban J connectivity index is 1.77. The van der Waals surface area contributed by atoms with Gasteiger partial charge >= 0.3 is 0 Å². The summed E-state index contributed by atoms with van der Waals surface area (Å²) in [4.78, 5) is 14.7. The van der Waals surface area contributed by atoms with Gasteiger partial charge in [-0.1, -0.05) is 37.3 Å². The lowest BCUT2D eigenvalue weighted by Crippen LogP contribution is -2.44. The van der Waals surface area contributed by atoms with Crippen LogP contribution in [0, 0.1) is 5.41 Å². The van der Waals surface area contributed by atoms with Gasteiger partial charge in [0.25, 0.3) is 5.91 Å². The summed E-state index contributed by atoms with van der Waals surface area (Å²) >= 11 is 0. The number of carbonyl (C=O) groups is 1. The van der Waals surface area contributed by atoms with Crippen molar-refractivity contribution in [2.75, 3.05) is 19.7 Å². The molecule has 0 saturated carbocycles. The molecule has 0 aliphatic carbocycles. The fourth-order valence-corrected chi connectivity index (χ4v) is 3.27. The van der Waals surface area contributed by atoms with E-state index >= 15 is 0 Å². The van der Waals surface area contributed by atoms with Gasteiger partial charge in [-0.3, -0.25) is 4.79 Å². The van der Waals surface area contributed by atoms with Gasteiger partial charge in [0, 0.05) is 25.3 Å². The molecule has 2 heterocycles. The molecule has 0 radical (unpaired) electrons. The second-order valence-corrected chi connectivity index (χ2v) is 6.33. The van der Waals surface area contributed by atoms with E-state index in [1.807, 2.05) is 41.3 Å². The van der Waals surface area contributed by atoms with Gasteiger partial charge in [-0.25, -0.2) is 0 Å². The van der Waals surface area contributed by atoms with E-state index in [2.05, 4.69) is 6.92 Å². The van der Waals surface area contributed by atoms with Crippen molar-refractivity contribution in [1.82, 2.24) is 4.90 Å². The predicted octanol–water partition coefficient (Wildman–Crippen LogP) is 3.57. The molecule has 1 amide bonds. The summed E-state index contributed by atoms with van der Waals surface area (Å²) < 4.78 is 5.50. The topological polar surface area (TPSA) is 53.7 Å². The first-order valence-corrected chi connectivity index (χ1v) is 8.22. The number of aliphatic hydroxyl groups excluding tert-OH is 1. The second kappa shape index (κ2) is 6.59. The van der Waals surface area contributed by atoms with Crippen LogP contribution in [0.4, 0.5) is 0 Å². The third-order valence-corrected chi connectivity index (χ3v) is 5.14. The van der Waals surface area contributed by atoms with Gasteiger partial charge in [0.05, 0.1) is 6.26 Å². The molecule has 1 aliphatic rings. The van der Waals surface area contributed by atoms with E-state index in [1.54, 1.807) is 6.26 Å². The standard InChI is InChI=1S/C19H23NO3/c1-2-19(14-21)9-11-20(12-10-19)18(22)17-16(8-13-23-17)15-6-4-3-5-7-15/h3-8,13,21H,2,9-12,14H2,1H3. The summed E-state index contributed by atoms with van der Waals surface area (Å²) in [6, 6.07) is 11.7. The number of carbonyl (C=O) groups excluding carboxylic acids is 1. The zero-order chi connectivity index (χ0) is 16.3. The van der Waals surface area contributed by atoms with Crippen LogP contribution in [-0.2, 0) is 0 Å². The van der Waals surface area contributed by atoms with Gasteiger partial charge in [-0.05, 0) is 36.3 Å². The Bertz CT molecular complexity index is 648. The van der Waals surface area contributed by atoms with Crippen LogP contribution < -0.4 is 0 Å². The maximum absolute atomic E-state index is 12.8. The first-order valence-electron chi connectivity index (χ1n) is 8.22. The summed E-state index contributed by atoms with van der Waals surface area (Å²) in [6.45, 7) is 3.64. The van der Waals surface area contributed by atoms with E-state index in [4.69, 9.17) is 4.42 Å². The fourth-order valence-electron chi connectivity index (χ4n) is 3.27. The Hall–Kier alpha value is -2.07. The van der Waals surface area contributed by atoms with Crippen molar-refractivity contribution in [3.05, 3.63) is 48.4 Å². The molecule has 1 saturated heterocycles. The average Bonchev–Trinajstić information content (AvgIpc) is 3.11. The van der Waals surface area contributed by atoms with Crippen molar-refractivity contribution >= 4 is 5.91 Å². The lowest BCUT2D eigenvalue weighted by atomic mass is 9.77. The van der Waals surface area contributed by atoms with Crippen molar-refractivity contribution in [3.8, 4) is 11.1 Å². The van der Waals surface area contributed by atoms with Gasteiger partial charge in [0.1, 0.15) is 0 Å². The molecule has 1 fully saturated rings. The smallest absolute Gasteiger partial charge is 0.290 e. The molecule has 3 rings (SSSR count). The number of furan rings is 1. The second-order valence-electron chi connectivity index (χ2n) is 6.33. The maximum atomic E-state index is 12.8. The molecule has 1 aromatic heterocycles. The van der Waals surface area contributed by atoms with Gasteiger partial charge in [-0.15, -0.1) is 0 Å². The van der Waals surface area contributed by atoms with Crippen molar-refractivity contribution in [3.63, 3.8) is 0 Å². The molecule has 1 aromatic carbocycles. The number of rotatable bonds is 4. The SMILES string of the molecule is CCC1(CO)CCN(C(=O)c2occc2-c2ccccc2)CC1. The van der Waals surface area contributed by atoms with Crippen LogP contribution in [0.15, 0.2) is 47.1 Å². The largest absolute Gasteiger partial charge is 0.459 e. The summed E-state index contributed by atoms with van der Waals surface area (Å²) in [5.41, 5.74) is 1.80. The molecule has 1 N–H and O–H groups in total. The molecule has 4 nitrogen and oxygen atoms in total. The average molecular weight is 313 g/mol. The van der Waals surface area contributed by atoms with Crippen LogP contribution in [0.25, 0.3) is 11.1 Å². The summed E-state index contributed by atoms with van der Waals surface area (Å²) in [7, 11) is 0.